The van der Waals surface area contributed by atoms with Crippen molar-refractivity contribution >= 4 is 11.6 Å². The molecule has 1 amide bonds. The maximum absolute atomic E-state index is 11.6. The van der Waals surface area contributed by atoms with Gasteiger partial charge in [0, 0.05) is 24.7 Å². The molecule has 2 N–H and O–H groups in total. The fourth-order valence-electron chi connectivity index (χ4n) is 2.10. The zero-order chi connectivity index (χ0) is 13.0. The molecule has 1 aliphatic rings. The number of rotatable bonds is 6. The van der Waals surface area contributed by atoms with Gasteiger partial charge in [-0.2, -0.15) is 0 Å². The lowest BCUT2D eigenvalue weighted by molar-refractivity contribution is -0.120. The largest absolute Gasteiger partial charge is 0.384 e. The van der Waals surface area contributed by atoms with E-state index in [-0.39, 0.29) is 5.91 Å². The Morgan fingerprint density at radius 3 is 2.83 bits per heavy atom. The first-order valence-corrected chi connectivity index (χ1v) is 6.82. The average molecular weight is 246 g/mol. The highest BCUT2D eigenvalue weighted by atomic mass is 16.1. The van der Waals surface area contributed by atoms with Gasteiger partial charge in [-0.05, 0) is 37.3 Å². The summed E-state index contributed by atoms with van der Waals surface area (Å²) in [5.74, 6) is 0.164. The van der Waals surface area contributed by atoms with E-state index in [0.29, 0.717) is 19.0 Å². The van der Waals surface area contributed by atoms with Crippen molar-refractivity contribution < 1.29 is 4.79 Å². The lowest BCUT2D eigenvalue weighted by Crippen LogP contribution is -2.27. The maximum atomic E-state index is 11.6. The molecule has 0 atom stereocenters. The van der Waals surface area contributed by atoms with Crippen LogP contribution in [0.1, 0.15) is 37.3 Å². The molecule has 18 heavy (non-hydrogen) atoms. The molecular formula is C15H22N2O. The summed E-state index contributed by atoms with van der Waals surface area (Å²) in [6.07, 6.45) is 3.86. The van der Waals surface area contributed by atoms with E-state index in [2.05, 4.69) is 42.7 Å². The summed E-state index contributed by atoms with van der Waals surface area (Å²) in [5.41, 5.74) is 3.76. The van der Waals surface area contributed by atoms with Crippen LogP contribution in [-0.4, -0.2) is 18.5 Å². The number of carbonyl (C=O) groups excluding carboxylic acids is 1. The summed E-state index contributed by atoms with van der Waals surface area (Å²) >= 11 is 0. The Kier molecular flexibility index (Phi) is 4.24. The van der Waals surface area contributed by atoms with Crippen molar-refractivity contribution in [3.05, 3.63) is 29.3 Å². The van der Waals surface area contributed by atoms with E-state index in [4.69, 9.17) is 0 Å². The molecule has 98 valence electrons. The smallest absolute Gasteiger partial charge is 0.221 e. The third-order valence-electron chi connectivity index (χ3n) is 3.34. The van der Waals surface area contributed by atoms with Gasteiger partial charge < -0.3 is 10.6 Å². The van der Waals surface area contributed by atoms with E-state index in [1.165, 1.54) is 16.8 Å². The summed E-state index contributed by atoms with van der Waals surface area (Å²) in [4.78, 5) is 11.6. The minimum absolute atomic E-state index is 0.164. The molecule has 1 aliphatic carbocycles. The highest BCUT2D eigenvalue weighted by Crippen LogP contribution is 2.21. The summed E-state index contributed by atoms with van der Waals surface area (Å²) in [6, 6.07) is 6.78. The number of hydrogen-bond acceptors (Lipinski definition) is 2. The summed E-state index contributed by atoms with van der Waals surface area (Å²) < 4.78 is 0. The lowest BCUT2D eigenvalue weighted by Gasteiger charge is -2.13. The second-order valence-electron chi connectivity index (χ2n) is 4.98. The third-order valence-corrected chi connectivity index (χ3v) is 3.34. The van der Waals surface area contributed by atoms with Gasteiger partial charge in [-0.3, -0.25) is 4.79 Å². The summed E-state index contributed by atoms with van der Waals surface area (Å²) in [5, 5.41) is 6.40. The Bertz CT molecular complexity index is 425. The van der Waals surface area contributed by atoms with Crippen molar-refractivity contribution in [2.75, 3.05) is 11.9 Å². The number of nitrogens with one attached hydrogen (secondary N) is 2. The van der Waals surface area contributed by atoms with Gasteiger partial charge in [0.25, 0.3) is 0 Å². The predicted octanol–water partition coefficient (Wildman–Crippen LogP) is 2.64. The predicted molar refractivity (Wildman–Crippen MR) is 74.8 cm³/mol. The highest BCUT2D eigenvalue weighted by molar-refractivity contribution is 5.77. The van der Waals surface area contributed by atoms with Crippen molar-refractivity contribution in [3.63, 3.8) is 0 Å². The van der Waals surface area contributed by atoms with Crippen LogP contribution in [0, 0.1) is 6.92 Å². The fraction of sp³-hybridized carbons (Fsp3) is 0.533. The van der Waals surface area contributed by atoms with Crippen molar-refractivity contribution in [3.8, 4) is 0 Å². The van der Waals surface area contributed by atoms with Gasteiger partial charge in [0.05, 0.1) is 0 Å². The third kappa shape index (κ3) is 3.49. The topological polar surface area (TPSA) is 41.1 Å². The molecule has 3 heteroatoms. The number of hydrogen-bond donors (Lipinski definition) is 2. The summed E-state index contributed by atoms with van der Waals surface area (Å²) in [7, 11) is 0. The first kappa shape index (κ1) is 12.9. The maximum Gasteiger partial charge on any atom is 0.221 e. The van der Waals surface area contributed by atoms with Crippen LogP contribution in [0.5, 0.6) is 0 Å². The first-order chi connectivity index (χ1) is 8.70. The Hall–Kier alpha value is -1.51. The SMILES string of the molecule is CCc1cccc(C)c1NCCC(=O)NC1CC1. The van der Waals surface area contributed by atoms with E-state index in [9.17, 15) is 4.79 Å². The van der Waals surface area contributed by atoms with Crippen molar-refractivity contribution in [2.45, 2.75) is 45.6 Å². The summed E-state index contributed by atoms with van der Waals surface area (Å²) in [6.45, 7) is 4.96. The molecule has 0 aliphatic heterocycles. The van der Waals surface area contributed by atoms with Crippen LogP contribution < -0.4 is 10.6 Å². The Labute approximate surface area is 109 Å². The number of aryl methyl sites for hydroxylation is 2. The Balaban J connectivity index is 1.83. The van der Waals surface area contributed by atoms with Gasteiger partial charge in [0.2, 0.25) is 5.91 Å². The van der Waals surface area contributed by atoms with Crippen molar-refractivity contribution in [1.82, 2.24) is 5.32 Å². The molecule has 1 aromatic carbocycles. The molecule has 0 radical (unpaired) electrons. The molecule has 0 aromatic heterocycles. The number of anilines is 1. The van der Waals surface area contributed by atoms with E-state index in [1.807, 2.05) is 0 Å². The van der Waals surface area contributed by atoms with E-state index in [0.717, 1.165) is 19.3 Å². The van der Waals surface area contributed by atoms with Crippen LogP contribution >= 0.6 is 0 Å². The molecule has 1 fully saturated rings. The zero-order valence-corrected chi connectivity index (χ0v) is 11.3. The van der Waals surface area contributed by atoms with E-state index < -0.39 is 0 Å². The average Bonchev–Trinajstić information content (AvgIpc) is 3.15. The van der Waals surface area contributed by atoms with E-state index in [1.54, 1.807) is 0 Å². The zero-order valence-electron chi connectivity index (χ0n) is 11.3. The Morgan fingerprint density at radius 1 is 1.39 bits per heavy atom. The van der Waals surface area contributed by atoms with Gasteiger partial charge in [0.15, 0.2) is 0 Å². The van der Waals surface area contributed by atoms with Gasteiger partial charge >= 0.3 is 0 Å². The standard InChI is InChI=1S/C15H22N2O/c1-3-12-6-4-5-11(2)15(12)16-10-9-14(18)17-13-7-8-13/h4-6,13,16H,3,7-10H2,1-2H3,(H,17,18). The van der Waals surface area contributed by atoms with Gasteiger partial charge in [0.1, 0.15) is 0 Å². The van der Waals surface area contributed by atoms with Crippen LogP contribution in [0.4, 0.5) is 5.69 Å². The van der Waals surface area contributed by atoms with Crippen molar-refractivity contribution in [2.24, 2.45) is 0 Å². The second kappa shape index (κ2) is 5.89. The van der Waals surface area contributed by atoms with Gasteiger partial charge in [-0.15, -0.1) is 0 Å². The number of benzene rings is 1. The first-order valence-electron chi connectivity index (χ1n) is 6.82. The molecule has 1 aromatic rings. The lowest BCUT2D eigenvalue weighted by atomic mass is 10.1. The molecule has 3 nitrogen and oxygen atoms in total. The normalized spacial score (nSPS) is 14.3. The number of carbonyl (C=O) groups is 1. The van der Waals surface area contributed by atoms with Crippen molar-refractivity contribution in [1.29, 1.82) is 0 Å². The second-order valence-corrected chi connectivity index (χ2v) is 4.98. The molecule has 0 saturated heterocycles. The molecule has 2 rings (SSSR count). The molecule has 0 heterocycles. The number of para-hydroxylation sites is 1. The molecular weight excluding hydrogens is 224 g/mol. The molecule has 1 saturated carbocycles. The molecule has 0 spiro atoms. The minimum Gasteiger partial charge on any atom is -0.384 e. The monoisotopic (exact) mass is 246 g/mol. The van der Waals surface area contributed by atoms with Crippen LogP contribution in [0.25, 0.3) is 0 Å². The minimum atomic E-state index is 0.164. The molecule has 0 unspecified atom stereocenters. The Morgan fingerprint density at radius 2 is 2.17 bits per heavy atom. The highest BCUT2D eigenvalue weighted by Gasteiger charge is 2.22. The molecule has 0 bridgehead atoms. The van der Waals surface area contributed by atoms with Gasteiger partial charge in [-0.25, -0.2) is 0 Å². The number of amides is 1. The quantitative estimate of drug-likeness (QED) is 0.810. The van der Waals surface area contributed by atoms with Crippen LogP contribution in [0.2, 0.25) is 0 Å². The fourth-order valence-corrected chi connectivity index (χ4v) is 2.10. The van der Waals surface area contributed by atoms with Crippen LogP contribution in [0.3, 0.4) is 0 Å². The van der Waals surface area contributed by atoms with Gasteiger partial charge in [-0.1, -0.05) is 25.1 Å². The van der Waals surface area contributed by atoms with E-state index >= 15 is 0 Å². The van der Waals surface area contributed by atoms with Crippen LogP contribution in [-0.2, 0) is 11.2 Å². The van der Waals surface area contributed by atoms with Crippen LogP contribution in [0.15, 0.2) is 18.2 Å².